The van der Waals surface area contributed by atoms with Gasteiger partial charge < -0.3 is 9.13 Å². The van der Waals surface area contributed by atoms with Crippen molar-refractivity contribution >= 4 is 38.8 Å². The summed E-state index contributed by atoms with van der Waals surface area (Å²) in [7, 11) is 0. The van der Waals surface area contributed by atoms with Crippen LogP contribution in [0.25, 0.3) is 72.4 Å². The summed E-state index contributed by atoms with van der Waals surface area (Å²) >= 11 is 0. The molecule has 0 N–H and O–H groups in total. The highest BCUT2D eigenvalue weighted by atomic mass is 15.0. The second-order valence-corrected chi connectivity index (χ2v) is 12.5. The summed E-state index contributed by atoms with van der Waals surface area (Å²) in [6.45, 7) is 0. The lowest BCUT2D eigenvalue weighted by Gasteiger charge is -2.19. The van der Waals surface area contributed by atoms with Crippen molar-refractivity contribution in [3.05, 3.63) is 161 Å². The summed E-state index contributed by atoms with van der Waals surface area (Å²) in [5, 5.41) is 33.9. The van der Waals surface area contributed by atoms with E-state index >= 15 is 0 Å². The maximum atomic E-state index is 10.9. The van der Waals surface area contributed by atoms with Gasteiger partial charge in [0.25, 0.3) is 0 Å². The van der Waals surface area contributed by atoms with Crippen molar-refractivity contribution in [1.82, 2.24) is 9.13 Å². The van der Waals surface area contributed by atoms with Gasteiger partial charge in [-0.05, 0) is 66.4 Å². The molecule has 0 amide bonds. The van der Waals surface area contributed by atoms with Crippen LogP contribution in [0.1, 0.15) is 34.4 Å². The molecule has 0 unspecified atom stereocenters. The maximum Gasteiger partial charge on any atom is 0.102 e. The Morgan fingerprint density at radius 1 is 0.520 bits per heavy atom. The number of nitriles is 3. The average Bonchev–Trinajstić information content (AvgIpc) is 3.70. The molecule has 6 aromatic carbocycles. The Balaban J connectivity index is 1.31. The first-order valence-electron chi connectivity index (χ1n) is 16.6. The van der Waals surface area contributed by atoms with Gasteiger partial charge in [-0.25, -0.2) is 0 Å². The first-order valence-corrected chi connectivity index (χ1v) is 16.6. The predicted molar refractivity (Wildman–Crippen MR) is 200 cm³/mol. The van der Waals surface area contributed by atoms with Gasteiger partial charge in [-0.2, -0.15) is 15.8 Å². The summed E-state index contributed by atoms with van der Waals surface area (Å²) in [6.07, 6.45) is 6.30. The van der Waals surface area contributed by atoms with Gasteiger partial charge in [0.05, 0.1) is 50.7 Å². The van der Waals surface area contributed by atoms with Crippen molar-refractivity contribution in [3.8, 4) is 51.8 Å². The Morgan fingerprint density at radius 3 is 2.02 bits per heavy atom. The van der Waals surface area contributed by atoms with Crippen LogP contribution in [0.4, 0.5) is 0 Å². The monoisotopic (exact) mass is 637 g/mol. The Kier molecular flexibility index (Phi) is 6.70. The summed E-state index contributed by atoms with van der Waals surface area (Å²) in [5.74, 6) is 0. The van der Waals surface area contributed by atoms with E-state index in [1.54, 1.807) is 0 Å². The summed E-state index contributed by atoms with van der Waals surface area (Å²) < 4.78 is 4.42. The van der Waals surface area contributed by atoms with Gasteiger partial charge >= 0.3 is 0 Å². The van der Waals surface area contributed by atoms with E-state index < -0.39 is 0 Å². The number of benzene rings is 6. The lowest BCUT2D eigenvalue weighted by molar-refractivity contribution is 0.887. The molecule has 0 spiro atoms. The van der Waals surface area contributed by atoms with Gasteiger partial charge in [0.2, 0.25) is 0 Å². The molecule has 9 rings (SSSR count). The average molecular weight is 638 g/mol. The van der Waals surface area contributed by atoms with Crippen LogP contribution in [0.5, 0.6) is 0 Å². The van der Waals surface area contributed by atoms with Crippen LogP contribution in [-0.4, -0.2) is 9.13 Å². The molecular weight excluding hydrogens is 611 g/mol. The van der Waals surface area contributed by atoms with E-state index in [1.807, 2.05) is 72.8 Å². The highest BCUT2D eigenvalue weighted by Crippen LogP contribution is 2.43. The Morgan fingerprint density at radius 2 is 1.20 bits per heavy atom. The Labute approximate surface area is 289 Å². The van der Waals surface area contributed by atoms with Crippen molar-refractivity contribution in [3.63, 3.8) is 0 Å². The molecule has 0 saturated heterocycles. The third kappa shape index (κ3) is 4.23. The highest BCUT2D eigenvalue weighted by molar-refractivity contribution is 6.12. The van der Waals surface area contributed by atoms with Crippen molar-refractivity contribution in [2.45, 2.75) is 12.8 Å². The second kappa shape index (κ2) is 11.5. The Bertz CT molecular complexity index is 2860. The zero-order valence-corrected chi connectivity index (χ0v) is 26.9. The van der Waals surface area contributed by atoms with E-state index in [-0.39, 0.29) is 0 Å². The lowest BCUT2D eigenvalue weighted by Crippen LogP contribution is -2.06. The third-order valence-electron chi connectivity index (χ3n) is 9.93. The second-order valence-electron chi connectivity index (χ2n) is 12.5. The zero-order chi connectivity index (χ0) is 33.8. The van der Waals surface area contributed by atoms with Crippen LogP contribution in [-0.2, 0) is 6.42 Å². The van der Waals surface area contributed by atoms with Crippen molar-refractivity contribution in [2.75, 3.05) is 0 Å². The van der Waals surface area contributed by atoms with Gasteiger partial charge in [0.15, 0.2) is 0 Å². The minimum absolute atomic E-state index is 0.553. The minimum Gasteiger partial charge on any atom is -0.312 e. The van der Waals surface area contributed by atoms with E-state index in [0.29, 0.717) is 16.7 Å². The topological polar surface area (TPSA) is 81.2 Å². The van der Waals surface area contributed by atoms with E-state index in [0.717, 1.165) is 73.8 Å². The molecule has 0 aliphatic heterocycles. The molecule has 2 heterocycles. The van der Waals surface area contributed by atoms with Crippen LogP contribution in [0.15, 0.2) is 133 Å². The highest BCUT2D eigenvalue weighted by Gasteiger charge is 2.24. The molecule has 0 fully saturated rings. The van der Waals surface area contributed by atoms with Crippen molar-refractivity contribution < 1.29 is 0 Å². The molecular formula is C45H27N5. The molecule has 8 aromatic rings. The number of allylic oxidation sites excluding steroid dienone is 1. The van der Waals surface area contributed by atoms with E-state index in [2.05, 4.69) is 94.1 Å². The van der Waals surface area contributed by atoms with Crippen molar-refractivity contribution in [2.24, 2.45) is 0 Å². The minimum atomic E-state index is 0.553. The predicted octanol–water partition coefficient (Wildman–Crippen LogP) is 10.6. The fourth-order valence-electron chi connectivity index (χ4n) is 7.84. The quantitative estimate of drug-likeness (QED) is 0.193. The molecule has 5 heteroatoms. The number of hydrogen-bond donors (Lipinski definition) is 0. The number of fused-ring (bicyclic) bond motifs is 6. The smallest absolute Gasteiger partial charge is 0.102 e. The SMILES string of the molecule is N#Cc1ccc2c(c1)c1cccc(C#N)c1n2-c1ccccc1-c1ccccc1-c1cccc(-n2c3c(c4ccccc42)C=CCC3)c1C#N. The van der Waals surface area contributed by atoms with Crippen LogP contribution < -0.4 is 0 Å². The van der Waals surface area contributed by atoms with E-state index in [9.17, 15) is 15.8 Å². The molecule has 50 heavy (non-hydrogen) atoms. The number of nitrogens with zero attached hydrogens (tertiary/aromatic N) is 5. The molecule has 0 saturated carbocycles. The lowest BCUT2D eigenvalue weighted by atomic mass is 9.90. The number of rotatable bonds is 4. The fraction of sp³-hybridized carbons (Fsp3) is 0.0444. The molecule has 0 atom stereocenters. The standard InChI is InChI=1S/C45H27N5/c46-26-29-23-24-44-38(25-29)37-18-9-11-30(27-47)45(37)50(44)42-21-8-3-14-34(42)32-13-2-1-12-31(32)33-17-10-22-43(39(33)28-48)49-40-19-6-4-15-35(40)36-16-5-7-20-41(36)49/h1-6,8-19,21-25H,7,20H2. The van der Waals surface area contributed by atoms with Crippen LogP contribution in [0.3, 0.4) is 0 Å². The molecule has 2 aromatic heterocycles. The summed E-state index contributed by atoms with van der Waals surface area (Å²) in [5.41, 5.74) is 12.5. The molecule has 5 nitrogen and oxygen atoms in total. The van der Waals surface area contributed by atoms with Crippen molar-refractivity contribution in [1.29, 1.82) is 15.8 Å². The summed E-state index contributed by atoms with van der Waals surface area (Å²) in [6, 6.07) is 49.7. The van der Waals surface area contributed by atoms with Crippen LogP contribution in [0, 0.1) is 34.0 Å². The number of para-hydroxylation sites is 3. The van der Waals surface area contributed by atoms with Gasteiger partial charge in [-0.1, -0.05) is 97.1 Å². The van der Waals surface area contributed by atoms with Crippen LogP contribution in [0.2, 0.25) is 0 Å². The largest absolute Gasteiger partial charge is 0.312 e. The van der Waals surface area contributed by atoms with Gasteiger partial charge in [0, 0.05) is 38.5 Å². The number of hydrogen-bond acceptors (Lipinski definition) is 3. The number of aromatic nitrogens is 2. The van der Waals surface area contributed by atoms with Crippen LogP contribution >= 0.6 is 0 Å². The molecule has 1 aliphatic rings. The fourth-order valence-corrected chi connectivity index (χ4v) is 7.84. The first kappa shape index (κ1) is 29.0. The molecule has 1 aliphatic carbocycles. The zero-order valence-electron chi connectivity index (χ0n) is 26.9. The third-order valence-corrected chi connectivity index (χ3v) is 9.93. The van der Waals surface area contributed by atoms with E-state index in [4.69, 9.17) is 0 Å². The maximum absolute atomic E-state index is 10.9. The van der Waals surface area contributed by atoms with Gasteiger partial charge in [-0.3, -0.25) is 0 Å². The van der Waals surface area contributed by atoms with E-state index in [1.165, 1.54) is 16.6 Å². The Hall–Kier alpha value is -7.13. The first-order chi connectivity index (χ1) is 24.7. The molecule has 232 valence electrons. The molecule has 0 radical (unpaired) electrons. The summed E-state index contributed by atoms with van der Waals surface area (Å²) in [4.78, 5) is 0. The normalized spacial score (nSPS) is 12.1. The molecule has 0 bridgehead atoms. The van der Waals surface area contributed by atoms with Gasteiger partial charge in [0.1, 0.15) is 12.1 Å². The van der Waals surface area contributed by atoms with Gasteiger partial charge in [-0.15, -0.1) is 0 Å².